The van der Waals surface area contributed by atoms with Gasteiger partial charge in [-0.1, -0.05) is 48.5 Å². The summed E-state index contributed by atoms with van der Waals surface area (Å²) in [7, 11) is -4.27. The zero-order valence-electron chi connectivity index (χ0n) is 20.3. The van der Waals surface area contributed by atoms with Crippen LogP contribution < -0.4 is 20.5 Å². The standard InChI is InChI=1S/C26H29N3O7S/c1-2-34-26(31)20-15-22(25(23(16-20)37(27,32)33)36-21-11-7-4-8-12-21)29-14-13-28-17-24(30)35-18-19-9-5-3-6-10-19/h3-12,15-16,28-29H,2,13-14,17-18H2,1H3,(H2,27,32,33). The van der Waals surface area contributed by atoms with Gasteiger partial charge < -0.3 is 24.8 Å². The Labute approximate surface area is 215 Å². The molecular formula is C26H29N3O7S. The monoisotopic (exact) mass is 527 g/mol. The van der Waals surface area contributed by atoms with Gasteiger partial charge in [-0.3, -0.25) is 4.79 Å². The Balaban J connectivity index is 1.70. The fourth-order valence-electron chi connectivity index (χ4n) is 3.25. The Hall–Kier alpha value is -3.93. The van der Waals surface area contributed by atoms with Crippen molar-refractivity contribution in [1.82, 2.24) is 5.32 Å². The number of nitrogens with one attached hydrogen (secondary N) is 2. The summed E-state index contributed by atoms with van der Waals surface area (Å²) in [5, 5.41) is 11.5. The van der Waals surface area contributed by atoms with Gasteiger partial charge in [0.15, 0.2) is 5.75 Å². The van der Waals surface area contributed by atoms with Gasteiger partial charge in [-0.15, -0.1) is 0 Å². The number of rotatable bonds is 13. The Morgan fingerprint density at radius 1 is 0.919 bits per heavy atom. The lowest BCUT2D eigenvalue weighted by atomic mass is 10.1. The number of esters is 2. The van der Waals surface area contributed by atoms with E-state index in [1.54, 1.807) is 37.3 Å². The third kappa shape index (κ3) is 8.60. The molecular weight excluding hydrogens is 498 g/mol. The predicted octanol–water partition coefficient (Wildman–Crippen LogP) is 3.05. The first-order valence-electron chi connectivity index (χ1n) is 11.5. The molecule has 0 amide bonds. The largest absolute Gasteiger partial charge is 0.462 e. The normalized spacial score (nSPS) is 11.0. The van der Waals surface area contributed by atoms with Gasteiger partial charge in [0.1, 0.15) is 17.3 Å². The van der Waals surface area contributed by atoms with Gasteiger partial charge in [0.2, 0.25) is 10.0 Å². The third-order valence-electron chi connectivity index (χ3n) is 4.96. The number of carbonyl (C=O) groups is 2. The SMILES string of the molecule is CCOC(=O)c1cc(NCCNCC(=O)OCc2ccccc2)c(Oc2ccccc2)c(S(N)(=O)=O)c1. The van der Waals surface area contributed by atoms with Crippen molar-refractivity contribution in [2.45, 2.75) is 18.4 Å². The van der Waals surface area contributed by atoms with Crippen LogP contribution >= 0.6 is 0 Å². The maximum atomic E-state index is 12.4. The predicted molar refractivity (Wildman–Crippen MR) is 138 cm³/mol. The molecule has 10 nitrogen and oxygen atoms in total. The molecule has 11 heteroatoms. The molecule has 0 heterocycles. The van der Waals surface area contributed by atoms with E-state index in [0.717, 1.165) is 11.6 Å². The van der Waals surface area contributed by atoms with Crippen LogP contribution in [-0.4, -0.2) is 46.6 Å². The summed E-state index contributed by atoms with van der Waals surface area (Å²) in [6.07, 6.45) is 0. The fraction of sp³-hybridized carbons (Fsp3) is 0.231. The van der Waals surface area contributed by atoms with Gasteiger partial charge >= 0.3 is 11.9 Å². The number of sulfonamides is 1. The second-order valence-corrected chi connectivity index (χ2v) is 9.31. The minimum absolute atomic E-state index is 0.00812. The first-order valence-corrected chi connectivity index (χ1v) is 13.1. The van der Waals surface area contributed by atoms with E-state index in [9.17, 15) is 18.0 Å². The molecule has 0 bridgehead atoms. The molecule has 0 aromatic heterocycles. The van der Waals surface area contributed by atoms with Crippen molar-refractivity contribution in [3.8, 4) is 11.5 Å². The highest BCUT2D eigenvalue weighted by atomic mass is 32.2. The van der Waals surface area contributed by atoms with E-state index in [4.69, 9.17) is 19.3 Å². The Kier molecular flexibility index (Phi) is 10.0. The van der Waals surface area contributed by atoms with Crippen molar-refractivity contribution in [2.75, 3.05) is 31.6 Å². The Morgan fingerprint density at radius 3 is 2.24 bits per heavy atom. The van der Waals surface area contributed by atoms with Gasteiger partial charge in [-0.25, -0.2) is 18.4 Å². The molecule has 3 rings (SSSR count). The molecule has 3 aromatic rings. The van der Waals surface area contributed by atoms with Gasteiger partial charge in [0, 0.05) is 13.1 Å². The van der Waals surface area contributed by atoms with E-state index in [0.29, 0.717) is 12.3 Å². The first-order chi connectivity index (χ1) is 17.8. The molecule has 0 saturated carbocycles. The highest BCUT2D eigenvalue weighted by molar-refractivity contribution is 7.89. The molecule has 0 unspecified atom stereocenters. The average Bonchev–Trinajstić information content (AvgIpc) is 2.88. The average molecular weight is 528 g/mol. The second-order valence-electron chi connectivity index (χ2n) is 7.78. The van der Waals surface area contributed by atoms with Gasteiger partial charge in [0.05, 0.1) is 24.4 Å². The van der Waals surface area contributed by atoms with Crippen LogP contribution in [0, 0.1) is 0 Å². The van der Waals surface area contributed by atoms with Gasteiger partial charge in [-0.05, 0) is 36.8 Å². The minimum Gasteiger partial charge on any atom is -0.462 e. The van der Waals surface area contributed by atoms with Crippen molar-refractivity contribution in [1.29, 1.82) is 0 Å². The second kappa shape index (κ2) is 13.4. The van der Waals surface area contributed by atoms with E-state index < -0.39 is 22.0 Å². The number of hydrogen-bond donors (Lipinski definition) is 3. The van der Waals surface area contributed by atoms with Crippen molar-refractivity contribution >= 4 is 27.6 Å². The zero-order valence-corrected chi connectivity index (χ0v) is 21.1. The van der Waals surface area contributed by atoms with Crippen LogP contribution in [0.4, 0.5) is 5.69 Å². The highest BCUT2D eigenvalue weighted by Crippen LogP contribution is 2.37. The molecule has 3 aromatic carbocycles. The van der Waals surface area contributed by atoms with Crippen LogP contribution in [-0.2, 0) is 30.9 Å². The van der Waals surface area contributed by atoms with E-state index in [-0.39, 0.29) is 48.2 Å². The number of para-hydroxylation sites is 1. The van der Waals surface area contributed by atoms with Crippen LogP contribution in [0.25, 0.3) is 0 Å². The molecule has 4 N–H and O–H groups in total. The zero-order chi connectivity index (χ0) is 26.7. The van der Waals surface area contributed by atoms with Crippen molar-refractivity contribution in [3.05, 3.63) is 83.9 Å². The third-order valence-corrected chi connectivity index (χ3v) is 5.88. The van der Waals surface area contributed by atoms with E-state index >= 15 is 0 Å². The number of ether oxygens (including phenoxy) is 3. The van der Waals surface area contributed by atoms with Crippen molar-refractivity contribution < 1.29 is 32.2 Å². The molecule has 0 radical (unpaired) electrons. The summed E-state index contributed by atoms with van der Waals surface area (Å²) in [5.41, 5.74) is 1.09. The highest BCUT2D eigenvalue weighted by Gasteiger charge is 2.24. The van der Waals surface area contributed by atoms with Gasteiger partial charge in [0.25, 0.3) is 0 Å². The summed E-state index contributed by atoms with van der Waals surface area (Å²) >= 11 is 0. The summed E-state index contributed by atoms with van der Waals surface area (Å²) in [6.45, 7) is 2.48. The summed E-state index contributed by atoms with van der Waals surface area (Å²) in [4.78, 5) is 24.0. The van der Waals surface area contributed by atoms with Crippen LogP contribution in [0.3, 0.4) is 0 Å². The van der Waals surface area contributed by atoms with E-state index in [1.807, 2.05) is 30.3 Å². The lowest BCUT2D eigenvalue weighted by Gasteiger charge is -2.18. The van der Waals surface area contributed by atoms with Crippen molar-refractivity contribution in [2.24, 2.45) is 5.14 Å². The number of benzene rings is 3. The van der Waals surface area contributed by atoms with E-state index in [2.05, 4.69) is 10.6 Å². The van der Waals surface area contributed by atoms with Crippen LogP contribution in [0.1, 0.15) is 22.8 Å². The molecule has 0 aliphatic heterocycles. The molecule has 0 saturated heterocycles. The molecule has 0 spiro atoms. The molecule has 0 aliphatic rings. The number of nitrogens with two attached hydrogens (primary N) is 1. The lowest BCUT2D eigenvalue weighted by molar-refractivity contribution is -0.143. The molecule has 37 heavy (non-hydrogen) atoms. The Morgan fingerprint density at radius 2 is 1.59 bits per heavy atom. The van der Waals surface area contributed by atoms with Crippen LogP contribution in [0.15, 0.2) is 77.7 Å². The number of hydrogen-bond acceptors (Lipinski definition) is 9. The Bertz CT molecular complexity index is 1300. The summed E-state index contributed by atoms with van der Waals surface area (Å²) in [5.74, 6) is -0.818. The van der Waals surface area contributed by atoms with Gasteiger partial charge in [-0.2, -0.15) is 0 Å². The first kappa shape index (κ1) is 27.7. The maximum absolute atomic E-state index is 12.4. The minimum atomic E-state index is -4.27. The quantitative estimate of drug-likeness (QED) is 0.225. The molecule has 0 fully saturated rings. The lowest BCUT2D eigenvalue weighted by Crippen LogP contribution is -2.29. The molecule has 0 aliphatic carbocycles. The number of carbonyl (C=O) groups excluding carboxylic acids is 2. The smallest absolute Gasteiger partial charge is 0.338 e. The summed E-state index contributed by atoms with van der Waals surface area (Å²) < 4.78 is 40.9. The van der Waals surface area contributed by atoms with Crippen LogP contribution in [0.2, 0.25) is 0 Å². The summed E-state index contributed by atoms with van der Waals surface area (Å²) in [6, 6.07) is 20.4. The fourth-order valence-corrected chi connectivity index (χ4v) is 3.96. The molecule has 0 atom stereocenters. The van der Waals surface area contributed by atoms with Crippen LogP contribution in [0.5, 0.6) is 11.5 Å². The number of anilines is 1. The topological polar surface area (TPSA) is 146 Å². The number of primary sulfonamides is 1. The maximum Gasteiger partial charge on any atom is 0.338 e. The molecule has 196 valence electrons. The van der Waals surface area contributed by atoms with Crippen molar-refractivity contribution in [3.63, 3.8) is 0 Å². The van der Waals surface area contributed by atoms with E-state index in [1.165, 1.54) is 6.07 Å².